The molecule has 0 aliphatic carbocycles. The zero-order valence-electron chi connectivity index (χ0n) is 22.4. The summed E-state index contributed by atoms with van der Waals surface area (Å²) in [4.78, 5) is 62.9. The molecule has 0 aromatic carbocycles. The van der Waals surface area contributed by atoms with Crippen LogP contribution in [0.3, 0.4) is 0 Å². The highest BCUT2D eigenvalue weighted by molar-refractivity contribution is 8.00. The Morgan fingerprint density at radius 2 is 2.11 bits per heavy atom. The fourth-order valence-electron chi connectivity index (χ4n) is 4.46. The Morgan fingerprint density at radius 3 is 2.77 bits per heavy atom. The Labute approximate surface area is 255 Å². The van der Waals surface area contributed by atoms with Gasteiger partial charge in [0.25, 0.3) is 17.7 Å². The predicted octanol–water partition coefficient (Wildman–Crippen LogP) is -0.257. The third kappa shape index (κ3) is 6.06. The topological polar surface area (TPSA) is 233 Å². The number of anilines is 1. The molecule has 0 bridgehead atoms. The summed E-state index contributed by atoms with van der Waals surface area (Å²) in [5.41, 5.74) is 7.19. The molecule has 1 saturated heterocycles. The van der Waals surface area contributed by atoms with Gasteiger partial charge in [0.2, 0.25) is 11.5 Å². The number of rotatable bonds is 11. The first-order valence-corrected chi connectivity index (χ1v) is 14.5. The van der Waals surface area contributed by atoms with Gasteiger partial charge in [-0.05, 0) is 11.6 Å². The van der Waals surface area contributed by atoms with Crippen molar-refractivity contribution in [3.05, 3.63) is 59.6 Å². The first-order chi connectivity index (χ1) is 21.2. The lowest BCUT2D eigenvalue weighted by molar-refractivity contribution is -0.689. The van der Waals surface area contributed by atoms with E-state index in [0.717, 1.165) is 22.0 Å². The molecule has 2 unspecified atom stereocenters. The molecule has 5 rings (SSSR count). The van der Waals surface area contributed by atoms with Gasteiger partial charge in [-0.1, -0.05) is 5.16 Å². The standard InChI is InChI=1S/C25H21FN10O6S2/c26-3-6-42-33-16(19-32-25(28)44-34-19)21(38)31-17-22(39)36-18(24(40)41)14(10-43-23(17)36)9-35-4-1-12(2-5-35)13-7-15(29-8-13)20(37)30-11-27/h1-2,4-5,7-8,17,23H,3,6,9-10H2,(H5,28,30,31,32,34,37,38,40,41)/p+1/b33-16+. The minimum absolute atomic E-state index is 0.0515. The minimum Gasteiger partial charge on any atom is -0.477 e. The van der Waals surface area contributed by atoms with Crippen LogP contribution >= 0.6 is 23.3 Å². The monoisotopic (exact) mass is 641 g/mol. The Bertz CT molecular complexity index is 1730. The van der Waals surface area contributed by atoms with Crippen LogP contribution in [0.25, 0.3) is 11.1 Å². The van der Waals surface area contributed by atoms with Gasteiger partial charge in [0, 0.05) is 46.8 Å². The van der Waals surface area contributed by atoms with Crippen molar-refractivity contribution in [1.29, 1.82) is 5.26 Å². The van der Waals surface area contributed by atoms with Gasteiger partial charge in [-0.25, -0.2) is 13.8 Å². The maximum absolute atomic E-state index is 13.1. The molecule has 0 radical (unpaired) electrons. The highest BCUT2D eigenvalue weighted by atomic mass is 32.2. The molecule has 3 amide bonds. The average molecular weight is 642 g/mol. The number of carboxylic acid groups (broad SMARTS) is 1. The molecule has 16 nitrogen and oxygen atoms in total. The van der Waals surface area contributed by atoms with Crippen molar-refractivity contribution in [3.63, 3.8) is 0 Å². The molecular weight excluding hydrogens is 619 g/mol. The van der Waals surface area contributed by atoms with E-state index in [1.807, 2.05) is 5.32 Å². The van der Waals surface area contributed by atoms with Crippen LogP contribution in [0.1, 0.15) is 16.3 Å². The summed E-state index contributed by atoms with van der Waals surface area (Å²) in [6.07, 6.45) is 6.65. The second-order valence-corrected chi connectivity index (χ2v) is 11.1. The number of carbonyl (C=O) groups excluding carboxylic acids is 3. The zero-order chi connectivity index (χ0) is 31.4. The van der Waals surface area contributed by atoms with E-state index in [1.54, 1.807) is 47.5 Å². The zero-order valence-corrected chi connectivity index (χ0v) is 24.0. The van der Waals surface area contributed by atoms with Crippen molar-refractivity contribution in [2.24, 2.45) is 5.16 Å². The number of thioether (sulfide) groups is 1. The fourth-order valence-corrected chi connectivity index (χ4v) is 6.23. The number of pyridine rings is 1. The number of amides is 3. The molecule has 2 aliphatic heterocycles. The van der Waals surface area contributed by atoms with Gasteiger partial charge in [-0.15, -0.1) is 11.8 Å². The number of H-pyrrole nitrogens is 1. The Balaban J connectivity index is 1.29. The Morgan fingerprint density at radius 1 is 1.34 bits per heavy atom. The normalized spacial score (nSPS) is 17.8. The summed E-state index contributed by atoms with van der Waals surface area (Å²) >= 11 is 2.08. The van der Waals surface area contributed by atoms with Gasteiger partial charge in [0.05, 0.1) is 0 Å². The molecule has 0 saturated carbocycles. The number of aromatic nitrogens is 4. The number of nitriles is 1. The maximum atomic E-state index is 13.1. The second-order valence-electron chi connectivity index (χ2n) is 9.16. The number of aromatic amines is 1. The van der Waals surface area contributed by atoms with Gasteiger partial charge in [0.1, 0.15) is 36.1 Å². The smallest absolute Gasteiger partial charge is 0.352 e. The van der Waals surface area contributed by atoms with E-state index in [4.69, 9.17) is 15.8 Å². The van der Waals surface area contributed by atoms with Gasteiger partial charge in [-0.2, -0.15) is 14.6 Å². The van der Waals surface area contributed by atoms with Crippen molar-refractivity contribution in [2.45, 2.75) is 18.0 Å². The molecule has 3 aromatic rings. The number of carbonyl (C=O) groups is 4. The molecule has 226 valence electrons. The molecular formula is C25H22FN10O6S2+. The van der Waals surface area contributed by atoms with Crippen molar-refractivity contribution in [3.8, 4) is 17.3 Å². The predicted molar refractivity (Wildman–Crippen MR) is 152 cm³/mol. The number of hydrogen-bond acceptors (Lipinski definition) is 12. The van der Waals surface area contributed by atoms with E-state index in [9.17, 15) is 28.7 Å². The van der Waals surface area contributed by atoms with Crippen LogP contribution in [0.5, 0.6) is 0 Å². The van der Waals surface area contributed by atoms with E-state index in [-0.39, 0.29) is 34.6 Å². The summed E-state index contributed by atoms with van der Waals surface area (Å²) in [6.45, 7) is -1.10. The highest BCUT2D eigenvalue weighted by Crippen LogP contribution is 2.40. The maximum Gasteiger partial charge on any atom is 0.352 e. The van der Waals surface area contributed by atoms with Crippen LogP contribution in [0.15, 0.2) is 53.2 Å². The molecule has 0 spiro atoms. The molecule has 6 N–H and O–H groups in total. The lowest BCUT2D eigenvalue weighted by Gasteiger charge is -2.49. The molecule has 1 fully saturated rings. The number of nitrogens with one attached hydrogen (secondary N) is 3. The number of nitrogen functional groups attached to an aromatic ring is 1. The molecule has 5 heterocycles. The number of halogens is 1. The number of β-lactam (4-membered cyclic amide) rings is 1. The van der Waals surface area contributed by atoms with Gasteiger partial charge in [0.15, 0.2) is 30.3 Å². The summed E-state index contributed by atoms with van der Waals surface area (Å²) in [5.74, 6) is -3.27. The summed E-state index contributed by atoms with van der Waals surface area (Å²) < 4.78 is 18.2. The third-order valence-electron chi connectivity index (χ3n) is 6.42. The largest absolute Gasteiger partial charge is 0.477 e. The number of nitrogens with zero attached hydrogens (tertiary/aromatic N) is 6. The summed E-state index contributed by atoms with van der Waals surface area (Å²) in [7, 11) is 0. The van der Waals surface area contributed by atoms with Crippen molar-refractivity contribution < 1.29 is 38.1 Å². The van der Waals surface area contributed by atoms with Crippen molar-refractivity contribution >= 4 is 57.8 Å². The number of aliphatic carboxylic acids is 1. The van der Waals surface area contributed by atoms with Crippen LogP contribution in [0.4, 0.5) is 9.52 Å². The Kier molecular flexibility index (Phi) is 8.82. The molecule has 2 atom stereocenters. The number of carboxylic acids is 1. The molecule has 2 aliphatic rings. The lowest BCUT2D eigenvalue weighted by Crippen LogP contribution is -2.71. The van der Waals surface area contributed by atoms with E-state index in [2.05, 4.69) is 24.8 Å². The van der Waals surface area contributed by atoms with Crippen LogP contribution in [-0.2, 0) is 25.8 Å². The number of nitrogens with two attached hydrogens (primary N) is 1. The first kappa shape index (κ1) is 30.1. The van der Waals surface area contributed by atoms with Crippen LogP contribution in [0.2, 0.25) is 0 Å². The highest BCUT2D eigenvalue weighted by Gasteiger charge is 2.55. The van der Waals surface area contributed by atoms with Crippen LogP contribution in [0, 0.1) is 11.5 Å². The van der Waals surface area contributed by atoms with Gasteiger partial charge < -0.3 is 26.0 Å². The van der Waals surface area contributed by atoms with E-state index < -0.39 is 54.1 Å². The number of fused-ring (bicyclic) bond motifs is 1. The van der Waals surface area contributed by atoms with Crippen LogP contribution in [-0.4, -0.2) is 84.2 Å². The quantitative estimate of drug-likeness (QED) is 0.0348. The number of oxime groups is 1. The van der Waals surface area contributed by atoms with Crippen molar-refractivity contribution in [1.82, 2.24) is 29.9 Å². The third-order valence-corrected chi connectivity index (χ3v) is 8.31. The lowest BCUT2D eigenvalue weighted by atomic mass is 10.0. The molecule has 3 aromatic heterocycles. The number of alkyl halides is 1. The van der Waals surface area contributed by atoms with Gasteiger partial charge >= 0.3 is 5.97 Å². The first-order valence-electron chi connectivity index (χ1n) is 12.7. The SMILES string of the molecule is N#CNC(=O)c1cc(-c2cc[n+](CC3=C(C(=O)O)N4C(=O)C(NC(=O)/C(=N/OCCF)c5nsc(N)n5)C4SC3)cc2)c[nH]1. The van der Waals surface area contributed by atoms with E-state index in [1.165, 1.54) is 11.8 Å². The minimum atomic E-state index is -1.29. The van der Waals surface area contributed by atoms with E-state index in [0.29, 0.717) is 11.1 Å². The summed E-state index contributed by atoms with van der Waals surface area (Å²) in [5, 5.41) is 26.2. The van der Waals surface area contributed by atoms with Crippen LogP contribution < -0.4 is 20.9 Å². The fraction of sp³-hybridized carbons (Fsp3) is 0.240. The van der Waals surface area contributed by atoms with Gasteiger partial charge in [-0.3, -0.25) is 24.6 Å². The van der Waals surface area contributed by atoms with Crippen molar-refractivity contribution in [2.75, 3.05) is 24.8 Å². The molecule has 19 heteroatoms. The average Bonchev–Trinajstić information content (AvgIpc) is 3.68. The Hall–Kier alpha value is -5.35. The van der Waals surface area contributed by atoms with E-state index >= 15 is 0 Å². The molecule has 44 heavy (non-hydrogen) atoms. The number of hydrogen-bond donors (Lipinski definition) is 5. The second kappa shape index (κ2) is 12.9. The summed E-state index contributed by atoms with van der Waals surface area (Å²) in [6, 6.07) is 4.07.